The fraction of sp³-hybridized carbons (Fsp3) is 0.312. The Kier molecular flexibility index (Phi) is 4.73. The number of aromatic nitrogens is 1. The van der Waals surface area contributed by atoms with Crippen LogP contribution >= 0.6 is 22.9 Å². The Bertz CT molecular complexity index is 793. The molecular formula is C16H16ClN3O3S. The van der Waals surface area contributed by atoms with Crippen LogP contribution in [0.4, 0.5) is 5.69 Å². The first-order valence-electron chi connectivity index (χ1n) is 7.37. The standard InChI is InChI=1S/C16H16ClN3O3S/c1-10-14(24-16(18-10)23-2)15(22)19-7-8-20(13(21)9-19)12-6-4-3-5-11(12)17/h3-6H,7-9H2,1-2H3. The van der Waals surface area contributed by atoms with E-state index in [0.717, 1.165) is 0 Å². The predicted molar refractivity (Wildman–Crippen MR) is 93.1 cm³/mol. The van der Waals surface area contributed by atoms with Crippen molar-refractivity contribution in [1.29, 1.82) is 0 Å². The second-order valence-corrected chi connectivity index (χ2v) is 6.69. The summed E-state index contributed by atoms with van der Waals surface area (Å²) in [6.45, 7) is 2.62. The molecule has 0 aliphatic carbocycles. The van der Waals surface area contributed by atoms with Gasteiger partial charge in [-0.3, -0.25) is 9.59 Å². The van der Waals surface area contributed by atoms with E-state index in [9.17, 15) is 9.59 Å². The van der Waals surface area contributed by atoms with Crippen LogP contribution in [-0.4, -0.2) is 48.4 Å². The van der Waals surface area contributed by atoms with E-state index >= 15 is 0 Å². The Morgan fingerprint density at radius 3 is 2.71 bits per heavy atom. The summed E-state index contributed by atoms with van der Waals surface area (Å²) in [5.41, 5.74) is 1.29. The first-order valence-corrected chi connectivity index (χ1v) is 8.56. The van der Waals surface area contributed by atoms with Crippen LogP contribution in [0, 0.1) is 6.92 Å². The van der Waals surface area contributed by atoms with E-state index < -0.39 is 0 Å². The molecule has 1 fully saturated rings. The maximum absolute atomic E-state index is 12.6. The summed E-state index contributed by atoms with van der Waals surface area (Å²) in [4.78, 5) is 33.0. The second-order valence-electron chi connectivity index (χ2n) is 5.32. The monoisotopic (exact) mass is 365 g/mol. The zero-order valence-electron chi connectivity index (χ0n) is 13.3. The number of anilines is 1. The van der Waals surface area contributed by atoms with Gasteiger partial charge in [-0.05, 0) is 19.1 Å². The summed E-state index contributed by atoms with van der Waals surface area (Å²) < 4.78 is 5.07. The highest BCUT2D eigenvalue weighted by Gasteiger charge is 2.31. The Morgan fingerprint density at radius 2 is 2.08 bits per heavy atom. The van der Waals surface area contributed by atoms with Crippen molar-refractivity contribution in [2.24, 2.45) is 0 Å². The van der Waals surface area contributed by atoms with Gasteiger partial charge in [-0.1, -0.05) is 35.1 Å². The van der Waals surface area contributed by atoms with Crippen LogP contribution in [0.25, 0.3) is 0 Å². The Balaban J connectivity index is 1.75. The zero-order valence-corrected chi connectivity index (χ0v) is 14.9. The Hall–Kier alpha value is -2.12. The van der Waals surface area contributed by atoms with Crippen LogP contribution in [0.15, 0.2) is 24.3 Å². The molecule has 126 valence electrons. The largest absolute Gasteiger partial charge is 0.473 e. The van der Waals surface area contributed by atoms with Gasteiger partial charge in [-0.2, -0.15) is 0 Å². The van der Waals surface area contributed by atoms with Gasteiger partial charge in [0, 0.05) is 13.1 Å². The number of thiazole rings is 1. The van der Waals surface area contributed by atoms with Crippen molar-refractivity contribution in [3.05, 3.63) is 39.9 Å². The van der Waals surface area contributed by atoms with Gasteiger partial charge in [0.15, 0.2) is 0 Å². The maximum atomic E-state index is 12.6. The number of methoxy groups -OCH3 is 1. The number of carbonyl (C=O) groups excluding carboxylic acids is 2. The molecule has 0 unspecified atom stereocenters. The van der Waals surface area contributed by atoms with E-state index in [2.05, 4.69) is 4.98 Å². The van der Waals surface area contributed by atoms with Gasteiger partial charge in [0.25, 0.3) is 11.1 Å². The van der Waals surface area contributed by atoms with Crippen molar-refractivity contribution < 1.29 is 14.3 Å². The topological polar surface area (TPSA) is 62.7 Å². The molecule has 1 aliphatic heterocycles. The van der Waals surface area contributed by atoms with E-state index in [0.29, 0.717) is 39.6 Å². The van der Waals surface area contributed by atoms with Gasteiger partial charge in [0.2, 0.25) is 5.91 Å². The third-order valence-corrected chi connectivity index (χ3v) is 5.22. The lowest BCUT2D eigenvalue weighted by Gasteiger charge is -2.34. The summed E-state index contributed by atoms with van der Waals surface area (Å²) in [5.74, 6) is -0.350. The number of hydrogen-bond donors (Lipinski definition) is 0. The molecule has 8 heteroatoms. The minimum atomic E-state index is -0.194. The lowest BCUT2D eigenvalue weighted by atomic mass is 10.2. The van der Waals surface area contributed by atoms with E-state index in [1.54, 1.807) is 24.0 Å². The second kappa shape index (κ2) is 6.78. The summed E-state index contributed by atoms with van der Waals surface area (Å²) in [5, 5.41) is 0.963. The molecule has 0 spiro atoms. The van der Waals surface area contributed by atoms with Gasteiger partial charge in [0.05, 0.1) is 23.5 Å². The lowest BCUT2D eigenvalue weighted by molar-refractivity contribution is -0.120. The lowest BCUT2D eigenvalue weighted by Crippen LogP contribution is -2.52. The third kappa shape index (κ3) is 3.09. The molecule has 0 atom stereocenters. The number of amides is 2. The van der Waals surface area contributed by atoms with Gasteiger partial charge in [-0.15, -0.1) is 0 Å². The quantitative estimate of drug-likeness (QED) is 0.838. The zero-order chi connectivity index (χ0) is 17.3. The van der Waals surface area contributed by atoms with Crippen LogP contribution in [0.1, 0.15) is 15.4 Å². The van der Waals surface area contributed by atoms with Crippen molar-refractivity contribution in [3.63, 3.8) is 0 Å². The fourth-order valence-electron chi connectivity index (χ4n) is 2.57. The van der Waals surface area contributed by atoms with Crippen LogP contribution in [0.2, 0.25) is 5.02 Å². The van der Waals surface area contributed by atoms with Gasteiger partial charge < -0.3 is 14.5 Å². The fourth-order valence-corrected chi connectivity index (χ4v) is 3.66. The summed E-state index contributed by atoms with van der Waals surface area (Å²) in [6.07, 6.45) is 0. The van der Waals surface area contributed by atoms with Crippen molar-refractivity contribution in [1.82, 2.24) is 9.88 Å². The van der Waals surface area contributed by atoms with Crippen molar-refractivity contribution >= 4 is 40.4 Å². The molecule has 1 aromatic carbocycles. The molecule has 1 saturated heterocycles. The average molecular weight is 366 g/mol. The van der Waals surface area contributed by atoms with Crippen LogP contribution in [-0.2, 0) is 4.79 Å². The van der Waals surface area contributed by atoms with Crippen LogP contribution in [0.5, 0.6) is 5.19 Å². The van der Waals surface area contributed by atoms with E-state index in [4.69, 9.17) is 16.3 Å². The summed E-state index contributed by atoms with van der Waals surface area (Å²) in [6, 6.07) is 7.19. The summed E-state index contributed by atoms with van der Waals surface area (Å²) in [7, 11) is 1.51. The Morgan fingerprint density at radius 1 is 1.33 bits per heavy atom. The molecule has 6 nitrogen and oxygen atoms in total. The first kappa shape index (κ1) is 16.7. The number of nitrogens with zero attached hydrogens (tertiary/aromatic N) is 3. The molecule has 2 amide bonds. The third-order valence-electron chi connectivity index (χ3n) is 3.80. The number of aryl methyl sites for hydroxylation is 1. The normalized spacial score (nSPS) is 14.9. The molecule has 0 saturated carbocycles. The minimum absolute atomic E-state index is 0.0176. The summed E-state index contributed by atoms with van der Waals surface area (Å²) >= 11 is 7.35. The maximum Gasteiger partial charge on any atom is 0.273 e. The number of ether oxygens (including phenoxy) is 1. The van der Waals surface area contributed by atoms with Crippen molar-refractivity contribution in [2.45, 2.75) is 6.92 Å². The molecule has 1 aromatic heterocycles. The molecule has 2 aromatic rings. The molecule has 0 N–H and O–H groups in total. The number of halogens is 1. The highest BCUT2D eigenvalue weighted by atomic mass is 35.5. The molecule has 2 heterocycles. The number of hydrogen-bond acceptors (Lipinski definition) is 5. The smallest absolute Gasteiger partial charge is 0.273 e. The van der Waals surface area contributed by atoms with E-state index in [1.807, 2.05) is 12.1 Å². The van der Waals surface area contributed by atoms with Crippen LogP contribution < -0.4 is 9.64 Å². The van der Waals surface area contributed by atoms with E-state index in [1.165, 1.54) is 23.3 Å². The van der Waals surface area contributed by atoms with Crippen molar-refractivity contribution in [2.75, 3.05) is 31.6 Å². The predicted octanol–water partition coefficient (Wildman–Crippen LogP) is 2.60. The highest BCUT2D eigenvalue weighted by Crippen LogP contribution is 2.29. The molecule has 24 heavy (non-hydrogen) atoms. The average Bonchev–Trinajstić information content (AvgIpc) is 2.96. The SMILES string of the molecule is COc1nc(C)c(C(=O)N2CCN(c3ccccc3Cl)C(=O)C2)s1. The van der Waals surface area contributed by atoms with E-state index in [-0.39, 0.29) is 18.4 Å². The van der Waals surface area contributed by atoms with Gasteiger partial charge in [-0.25, -0.2) is 4.98 Å². The highest BCUT2D eigenvalue weighted by molar-refractivity contribution is 7.15. The molecule has 0 bridgehead atoms. The molecule has 1 aliphatic rings. The number of rotatable bonds is 3. The van der Waals surface area contributed by atoms with Crippen LogP contribution in [0.3, 0.4) is 0 Å². The minimum Gasteiger partial charge on any atom is -0.473 e. The number of carbonyl (C=O) groups is 2. The van der Waals surface area contributed by atoms with Gasteiger partial charge in [0.1, 0.15) is 11.4 Å². The number of benzene rings is 1. The molecule has 3 rings (SSSR count). The number of piperazine rings is 1. The van der Waals surface area contributed by atoms with Crippen molar-refractivity contribution in [3.8, 4) is 5.19 Å². The Labute approximate surface area is 148 Å². The number of para-hydroxylation sites is 1. The molecule has 0 radical (unpaired) electrons. The molecular weight excluding hydrogens is 350 g/mol. The van der Waals surface area contributed by atoms with Gasteiger partial charge >= 0.3 is 0 Å². The first-order chi connectivity index (χ1) is 11.5.